The van der Waals surface area contributed by atoms with Crippen LogP contribution in [0.2, 0.25) is 0 Å². The quantitative estimate of drug-likeness (QED) is 0.798. The van der Waals surface area contributed by atoms with Crippen molar-refractivity contribution in [1.82, 2.24) is 9.78 Å². The minimum absolute atomic E-state index is 0.00558. The Hall–Kier alpha value is -3.22. The van der Waals surface area contributed by atoms with Gasteiger partial charge in [0.1, 0.15) is 11.6 Å². The molecule has 2 aromatic carbocycles. The first-order valence-corrected chi connectivity index (χ1v) is 7.03. The Morgan fingerprint density at radius 3 is 2.42 bits per heavy atom. The fraction of sp³-hybridized carbons (Fsp3) is 0.0588. The maximum absolute atomic E-state index is 13.2. The summed E-state index contributed by atoms with van der Waals surface area (Å²) < 4.78 is 33.1. The molecule has 7 heteroatoms. The lowest BCUT2D eigenvalue weighted by Gasteiger charge is -2.05. The number of para-hydroxylation sites is 1. The fourth-order valence-corrected chi connectivity index (χ4v) is 2.19. The van der Waals surface area contributed by atoms with E-state index >= 15 is 0 Å². The maximum atomic E-state index is 13.2. The van der Waals surface area contributed by atoms with Crippen LogP contribution in [0.4, 0.5) is 14.5 Å². The van der Waals surface area contributed by atoms with Crippen LogP contribution >= 0.6 is 0 Å². The predicted molar refractivity (Wildman–Crippen MR) is 84.4 cm³/mol. The Labute approximate surface area is 136 Å². The third kappa shape index (κ3) is 3.24. The van der Waals surface area contributed by atoms with Crippen LogP contribution in [0, 0.1) is 11.6 Å². The summed E-state index contributed by atoms with van der Waals surface area (Å²) in [6, 6.07) is 11.9. The van der Waals surface area contributed by atoms with Crippen molar-refractivity contribution in [2.75, 3.05) is 12.4 Å². The molecular formula is C17H13F2N3O2. The van der Waals surface area contributed by atoms with Crippen molar-refractivity contribution in [1.29, 1.82) is 0 Å². The first-order valence-electron chi connectivity index (χ1n) is 7.03. The summed E-state index contributed by atoms with van der Waals surface area (Å²) in [5.74, 6) is -1.96. The molecule has 3 aromatic rings. The molecule has 0 spiro atoms. The first kappa shape index (κ1) is 15.7. The average molecular weight is 329 g/mol. The molecule has 0 fully saturated rings. The zero-order valence-corrected chi connectivity index (χ0v) is 12.7. The summed E-state index contributed by atoms with van der Waals surface area (Å²) in [6.45, 7) is 0. The number of anilines is 1. The molecule has 1 heterocycles. The molecule has 0 aliphatic rings. The van der Waals surface area contributed by atoms with Crippen LogP contribution in [0.1, 0.15) is 10.5 Å². The highest BCUT2D eigenvalue weighted by Crippen LogP contribution is 2.21. The lowest BCUT2D eigenvalue weighted by atomic mass is 10.3. The number of nitrogens with zero attached hydrogens (tertiary/aromatic N) is 2. The monoisotopic (exact) mass is 329 g/mol. The fourth-order valence-electron chi connectivity index (χ4n) is 2.19. The summed E-state index contributed by atoms with van der Waals surface area (Å²) in [5, 5.41) is 6.59. The van der Waals surface area contributed by atoms with Gasteiger partial charge in [-0.25, -0.2) is 13.5 Å². The van der Waals surface area contributed by atoms with E-state index in [2.05, 4.69) is 10.4 Å². The highest BCUT2D eigenvalue weighted by molar-refractivity contribution is 6.04. The Morgan fingerprint density at radius 2 is 1.79 bits per heavy atom. The minimum atomic E-state index is -0.785. The first-order chi connectivity index (χ1) is 11.6. The molecule has 122 valence electrons. The molecule has 3 rings (SSSR count). The lowest BCUT2D eigenvalue weighted by molar-refractivity contribution is 0.101. The van der Waals surface area contributed by atoms with Crippen LogP contribution in [0.5, 0.6) is 5.75 Å². The highest BCUT2D eigenvalue weighted by Gasteiger charge is 2.19. The van der Waals surface area contributed by atoms with E-state index in [9.17, 15) is 13.6 Å². The number of ether oxygens (including phenoxy) is 1. The number of carbonyl (C=O) groups is 1. The summed E-state index contributed by atoms with van der Waals surface area (Å²) in [6.07, 6.45) is 1.55. The molecule has 0 radical (unpaired) electrons. The second-order valence-corrected chi connectivity index (χ2v) is 4.94. The molecule has 24 heavy (non-hydrogen) atoms. The normalized spacial score (nSPS) is 10.5. The van der Waals surface area contributed by atoms with E-state index in [1.54, 1.807) is 6.20 Å². The summed E-state index contributed by atoms with van der Waals surface area (Å²) in [4.78, 5) is 12.3. The van der Waals surface area contributed by atoms with Crippen LogP contribution in [-0.2, 0) is 0 Å². The molecule has 0 unspecified atom stereocenters. The van der Waals surface area contributed by atoms with E-state index in [0.717, 1.165) is 23.9 Å². The van der Waals surface area contributed by atoms with Gasteiger partial charge in [-0.05, 0) is 24.3 Å². The Balaban J connectivity index is 1.90. The zero-order chi connectivity index (χ0) is 17.1. The van der Waals surface area contributed by atoms with E-state index < -0.39 is 17.5 Å². The second-order valence-electron chi connectivity index (χ2n) is 4.94. The Bertz CT molecular complexity index is 859. The van der Waals surface area contributed by atoms with Gasteiger partial charge in [-0.1, -0.05) is 18.2 Å². The van der Waals surface area contributed by atoms with E-state index in [4.69, 9.17) is 4.74 Å². The summed E-state index contributed by atoms with van der Waals surface area (Å²) >= 11 is 0. The Morgan fingerprint density at radius 1 is 1.12 bits per heavy atom. The van der Waals surface area contributed by atoms with Crippen LogP contribution in [-0.4, -0.2) is 22.8 Å². The van der Waals surface area contributed by atoms with Crippen molar-refractivity contribution in [3.05, 3.63) is 72.1 Å². The van der Waals surface area contributed by atoms with Gasteiger partial charge in [-0.3, -0.25) is 4.79 Å². The highest BCUT2D eigenvalue weighted by atomic mass is 19.1. The average Bonchev–Trinajstić information content (AvgIpc) is 2.99. The van der Waals surface area contributed by atoms with Gasteiger partial charge >= 0.3 is 0 Å². The number of hydrogen-bond donors (Lipinski definition) is 1. The maximum Gasteiger partial charge on any atom is 0.280 e. The smallest absolute Gasteiger partial charge is 0.280 e. The van der Waals surface area contributed by atoms with Crippen molar-refractivity contribution in [2.24, 2.45) is 0 Å². The van der Waals surface area contributed by atoms with Gasteiger partial charge in [0.15, 0.2) is 11.4 Å². The van der Waals surface area contributed by atoms with Crippen LogP contribution in [0.15, 0.2) is 54.7 Å². The molecule has 0 atom stereocenters. The number of nitrogens with one attached hydrogen (secondary N) is 1. The number of aromatic nitrogens is 2. The SMILES string of the molecule is COc1cn(-c2ccccc2)nc1C(=O)Nc1cc(F)cc(F)c1. The number of halogens is 2. The molecular weight excluding hydrogens is 316 g/mol. The number of amides is 1. The topological polar surface area (TPSA) is 56.2 Å². The van der Waals surface area contributed by atoms with E-state index in [-0.39, 0.29) is 17.1 Å². The lowest BCUT2D eigenvalue weighted by Crippen LogP contribution is -2.14. The molecule has 1 amide bonds. The molecule has 0 bridgehead atoms. The molecule has 1 aromatic heterocycles. The van der Waals surface area contributed by atoms with Gasteiger partial charge in [-0.15, -0.1) is 0 Å². The number of benzene rings is 2. The Kier molecular flexibility index (Phi) is 4.24. The molecule has 0 saturated carbocycles. The summed E-state index contributed by atoms with van der Waals surface area (Å²) in [5.41, 5.74) is 0.742. The number of methoxy groups -OCH3 is 1. The van der Waals surface area contributed by atoms with Gasteiger partial charge in [0.05, 0.1) is 19.0 Å². The third-order valence-corrected chi connectivity index (χ3v) is 3.26. The van der Waals surface area contributed by atoms with E-state index in [1.807, 2.05) is 30.3 Å². The van der Waals surface area contributed by atoms with Gasteiger partial charge < -0.3 is 10.1 Å². The zero-order valence-electron chi connectivity index (χ0n) is 12.7. The van der Waals surface area contributed by atoms with Gasteiger partial charge in [0.2, 0.25) is 0 Å². The molecule has 0 aliphatic heterocycles. The minimum Gasteiger partial charge on any atom is -0.493 e. The van der Waals surface area contributed by atoms with Crippen molar-refractivity contribution in [3.63, 3.8) is 0 Å². The van der Waals surface area contributed by atoms with Crippen LogP contribution < -0.4 is 10.1 Å². The van der Waals surface area contributed by atoms with Crippen molar-refractivity contribution in [2.45, 2.75) is 0 Å². The number of carbonyl (C=O) groups excluding carboxylic acids is 1. The predicted octanol–water partition coefficient (Wildman–Crippen LogP) is 3.41. The second kappa shape index (κ2) is 6.49. The molecule has 1 N–H and O–H groups in total. The standard InChI is InChI=1S/C17H13F2N3O2/c1-24-15-10-22(14-5-3-2-4-6-14)21-16(15)17(23)20-13-8-11(18)7-12(19)9-13/h2-10H,1H3,(H,20,23). The van der Waals surface area contributed by atoms with Crippen molar-refractivity contribution >= 4 is 11.6 Å². The van der Waals surface area contributed by atoms with E-state index in [0.29, 0.717) is 0 Å². The van der Waals surface area contributed by atoms with Gasteiger partial charge in [0, 0.05) is 11.8 Å². The number of rotatable bonds is 4. The van der Waals surface area contributed by atoms with E-state index in [1.165, 1.54) is 11.8 Å². The van der Waals surface area contributed by atoms with Crippen LogP contribution in [0.25, 0.3) is 5.69 Å². The summed E-state index contributed by atoms with van der Waals surface area (Å²) in [7, 11) is 1.41. The number of hydrogen-bond acceptors (Lipinski definition) is 3. The van der Waals surface area contributed by atoms with Crippen LogP contribution in [0.3, 0.4) is 0 Å². The van der Waals surface area contributed by atoms with Gasteiger partial charge in [0.25, 0.3) is 5.91 Å². The largest absolute Gasteiger partial charge is 0.493 e. The van der Waals surface area contributed by atoms with Crippen molar-refractivity contribution in [3.8, 4) is 11.4 Å². The third-order valence-electron chi connectivity index (χ3n) is 3.26. The molecule has 0 saturated heterocycles. The molecule has 0 aliphatic carbocycles. The van der Waals surface area contributed by atoms with Gasteiger partial charge in [-0.2, -0.15) is 5.10 Å². The molecule has 5 nitrogen and oxygen atoms in total. The van der Waals surface area contributed by atoms with Crippen molar-refractivity contribution < 1.29 is 18.3 Å².